The van der Waals surface area contributed by atoms with Gasteiger partial charge in [-0.15, -0.1) is 6.58 Å². The third-order valence-corrected chi connectivity index (χ3v) is 2.99. The summed E-state index contributed by atoms with van der Waals surface area (Å²) >= 11 is 0. The molecular weight excluding hydrogens is 198 g/mol. The molecule has 2 nitrogen and oxygen atoms in total. The zero-order valence-electron chi connectivity index (χ0n) is 9.48. The van der Waals surface area contributed by atoms with Gasteiger partial charge >= 0.3 is 0 Å². The van der Waals surface area contributed by atoms with Crippen molar-refractivity contribution in [1.29, 1.82) is 0 Å². The quantitative estimate of drug-likeness (QED) is 0.558. The molecule has 0 N–H and O–H groups in total. The molecule has 16 heavy (non-hydrogen) atoms. The zero-order chi connectivity index (χ0) is 11.4. The van der Waals surface area contributed by atoms with E-state index in [9.17, 15) is 4.79 Å². The highest BCUT2D eigenvalue weighted by Gasteiger charge is 2.23. The van der Waals surface area contributed by atoms with Crippen LogP contribution in [-0.4, -0.2) is 12.5 Å². The van der Waals surface area contributed by atoms with Gasteiger partial charge in [-0.05, 0) is 30.9 Å². The monoisotopic (exact) mass is 215 g/mol. The van der Waals surface area contributed by atoms with Gasteiger partial charge in [-0.25, -0.2) is 0 Å². The summed E-state index contributed by atoms with van der Waals surface area (Å²) < 4.78 is 0. The van der Waals surface area contributed by atoms with E-state index in [0.717, 1.165) is 31.5 Å². The molecule has 0 atom stereocenters. The molecule has 2 rings (SSSR count). The number of hydrogen-bond acceptors (Lipinski definition) is 1. The van der Waals surface area contributed by atoms with Gasteiger partial charge in [0.15, 0.2) is 0 Å². The summed E-state index contributed by atoms with van der Waals surface area (Å²) in [4.78, 5) is 13.9. The Bertz CT molecular complexity index is 397. The first kappa shape index (κ1) is 10.9. The van der Waals surface area contributed by atoms with Crippen LogP contribution in [0, 0.1) is 0 Å². The number of anilines is 1. The predicted octanol–water partition coefficient (Wildman–Crippen LogP) is 2.93. The molecule has 1 heterocycles. The van der Waals surface area contributed by atoms with E-state index in [2.05, 4.69) is 12.6 Å². The van der Waals surface area contributed by atoms with Crippen molar-refractivity contribution < 1.29 is 4.79 Å². The lowest BCUT2D eigenvalue weighted by atomic mass is 10.2. The standard InChI is InChI=1S/C14H17NO/c1-2-3-4-9-14(16)15-11-10-12-7-5-6-8-13(12)15/h2,5-8H,1,3-4,9-11H2. The van der Waals surface area contributed by atoms with E-state index >= 15 is 0 Å². The number of carbonyl (C=O) groups excluding carboxylic acids is 1. The van der Waals surface area contributed by atoms with Crippen molar-refractivity contribution in [3.8, 4) is 0 Å². The number of allylic oxidation sites excluding steroid dienone is 1. The first-order valence-corrected chi connectivity index (χ1v) is 5.82. The Morgan fingerprint density at radius 3 is 3.06 bits per heavy atom. The Kier molecular flexibility index (Phi) is 3.40. The Balaban J connectivity index is 2.01. The summed E-state index contributed by atoms with van der Waals surface area (Å²) in [5, 5.41) is 0. The number of hydrogen-bond donors (Lipinski definition) is 0. The number of benzene rings is 1. The lowest BCUT2D eigenvalue weighted by Crippen LogP contribution is -2.28. The lowest BCUT2D eigenvalue weighted by Gasteiger charge is -2.16. The maximum Gasteiger partial charge on any atom is 0.227 e. The molecule has 2 heteroatoms. The normalized spacial score (nSPS) is 13.6. The van der Waals surface area contributed by atoms with Crippen LogP contribution in [0.15, 0.2) is 36.9 Å². The Morgan fingerprint density at radius 2 is 2.25 bits per heavy atom. The summed E-state index contributed by atoms with van der Waals surface area (Å²) in [6, 6.07) is 8.17. The van der Waals surface area contributed by atoms with Crippen LogP contribution >= 0.6 is 0 Å². The van der Waals surface area contributed by atoms with Gasteiger partial charge in [-0.2, -0.15) is 0 Å². The number of unbranched alkanes of at least 4 members (excludes halogenated alkanes) is 1. The summed E-state index contributed by atoms with van der Waals surface area (Å²) in [5.41, 5.74) is 2.39. The van der Waals surface area contributed by atoms with Crippen LogP contribution < -0.4 is 4.90 Å². The molecule has 84 valence electrons. The second-order valence-electron chi connectivity index (χ2n) is 4.10. The molecule has 0 fully saturated rings. The van der Waals surface area contributed by atoms with Crippen molar-refractivity contribution in [2.24, 2.45) is 0 Å². The first-order chi connectivity index (χ1) is 7.83. The maximum atomic E-state index is 12.0. The molecular formula is C14H17NO. The van der Waals surface area contributed by atoms with E-state index in [1.165, 1.54) is 5.56 Å². The molecule has 0 spiro atoms. The third-order valence-electron chi connectivity index (χ3n) is 2.99. The number of rotatable bonds is 4. The number of carbonyl (C=O) groups is 1. The van der Waals surface area contributed by atoms with Crippen LogP contribution in [0.5, 0.6) is 0 Å². The highest BCUT2D eigenvalue weighted by Crippen LogP contribution is 2.28. The smallest absolute Gasteiger partial charge is 0.227 e. The van der Waals surface area contributed by atoms with E-state index in [1.807, 2.05) is 29.2 Å². The maximum absolute atomic E-state index is 12.0. The van der Waals surface area contributed by atoms with Gasteiger partial charge in [-0.3, -0.25) is 4.79 Å². The van der Waals surface area contributed by atoms with E-state index in [-0.39, 0.29) is 5.91 Å². The van der Waals surface area contributed by atoms with Crippen LogP contribution in [0.4, 0.5) is 5.69 Å². The zero-order valence-corrected chi connectivity index (χ0v) is 9.48. The summed E-state index contributed by atoms with van der Waals surface area (Å²) in [6.07, 6.45) is 5.30. The van der Waals surface area contributed by atoms with Crippen LogP contribution in [0.2, 0.25) is 0 Å². The first-order valence-electron chi connectivity index (χ1n) is 5.82. The summed E-state index contributed by atoms with van der Waals surface area (Å²) in [5.74, 6) is 0.242. The van der Waals surface area contributed by atoms with Gasteiger partial charge in [0.25, 0.3) is 0 Å². The molecule has 0 radical (unpaired) electrons. The number of amides is 1. The highest BCUT2D eigenvalue weighted by atomic mass is 16.2. The SMILES string of the molecule is C=CCCCC(=O)N1CCc2ccccc21. The molecule has 0 bridgehead atoms. The van der Waals surface area contributed by atoms with Crippen molar-refractivity contribution in [3.63, 3.8) is 0 Å². The van der Waals surface area contributed by atoms with E-state index in [0.29, 0.717) is 6.42 Å². The van der Waals surface area contributed by atoms with Crippen molar-refractivity contribution in [3.05, 3.63) is 42.5 Å². The minimum atomic E-state index is 0.242. The van der Waals surface area contributed by atoms with Gasteiger partial charge in [0.1, 0.15) is 0 Å². The Morgan fingerprint density at radius 1 is 1.44 bits per heavy atom. The number of para-hydroxylation sites is 1. The molecule has 1 aromatic rings. The van der Waals surface area contributed by atoms with Crippen molar-refractivity contribution in [2.75, 3.05) is 11.4 Å². The molecule has 0 saturated heterocycles. The summed E-state index contributed by atoms with van der Waals surface area (Å²) in [6.45, 7) is 4.51. The average molecular weight is 215 g/mol. The van der Waals surface area contributed by atoms with E-state index in [1.54, 1.807) is 0 Å². The van der Waals surface area contributed by atoms with Crippen LogP contribution in [0.25, 0.3) is 0 Å². The highest BCUT2D eigenvalue weighted by molar-refractivity contribution is 5.95. The van der Waals surface area contributed by atoms with Gasteiger partial charge < -0.3 is 4.90 Å². The molecule has 1 aliphatic heterocycles. The molecule has 1 aromatic carbocycles. The lowest BCUT2D eigenvalue weighted by molar-refractivity contribution is -0.118. The van der Waals surface area contributed by atoms with Gasteiger partial charge in [0, 0.05) is 18.7 Å². The number of fused-ring (bicyclic) bond motifs is 1. The fraction of sp³-hybridized carbons (Fsp3) is 0.357. The number of nitrogens with zero attached hydrogens (tertiary/aromatic N) is 1. The fourth-order valence-electron chi connectivity index (χ4n) is 2.13. The minimum absolute atomic E-state index is 0.242. The molecule has 0 unspecified atom stereocenters. The Labute approximate surface area is 96.6 Å². The van der Waals surface area contributed by atoms with Crippen LogP contribution in [0.3, 0.4) is 0 Å². The van der Waals surface area contributed by atoms with Gasteiger partial charge in [-0.1, -0.05) is 24.3 Å². The predicted molar refractivity (Wildman–Crippen MR) is 66.5 cm³/mol. The van der Waals surface area contributed by atoms with E-state index < -0.39 is 0 Å². The van der Waals surface area contributed by atoms with Gasteiger partial charge in [0.05, 0.1) is 0 Å². The van der Waals surface area contributed by atoms with Crippen LogP contribution in [0.1, 0.15) is 24.8 Å². The average Bonchev–Trinajstić information content (AvgIpc) is 2.73. The molecule has 0 saturated carbocycles. The molecule has 0 aromatic heterocycles. The van der Waals surface area contributed by atoms with Crippen molar-refractivity contribution >= 4 is 11.6 Å². The van der Waals surface area contributed by atoms with Crippen molar-refractivity contribution in [2.45, 2.75) is 25.7 Å². The third kappa shape index (κ3) is 2.16. The molecule has 1 aliphatic rings. The molecule has 0 aliphatic carbocycles. The minimum Gasteiger partial charge on any atom is -0.312 e. The fourth-order valence-corrected chi connectivity index (χ4v) is 2.13. The second-order valence-corrected chi connectivity index (χ2v) is 4.10. The Hall–Kier alpha value is -1.57. The molecule has 1 amide bonds. The largest absolute Gasteiger partial charge is 0.312 e. The van der Waals surface area contributed by atoms with E-state index in [4.69, 9.17) is 0 Å². The van der Waals surface area contributed by atoms with Crippen LogP contribution in [-0.2, 0) is 11.2 Å². The summed E-state index contributed by atoms with van der Waals surface area (Å²) in [7, 11) is 0. The van der Waals surface area contributed by atoms with Crippen molar-refractivity contribution in [1.82, 2.24) is 0 Å². The van der Waals surface area contributed by atoms with Gasteiger partial charge in [0.2, 0.25) is 5.91 Å². The second kappa shape index (κ2) is 4.97. The topological polar surface area (TPSA) is 20.3 Å².